The van der Waals surface area contributed by atoms with Crippen molar-refractivity contribution in [3.8, 4) is 0 Å². The van der Waals surface area contributed by atoms with Crippen LogP contribution in [0.3, 0.4) is 0 Å². The molecule has 0 spiro atoms. The Morgan fingerprint density at radius 3 is 2.81 bits per heavy atom. The van der Waals surface area contributed by atoms with Crippen LogP contribution in [0.25, 0.3) is 0 Å². The minimum Gasteiger partial charge on any atom is -0.384 e. The monoisotopic (exact) mass is 329 g/mol. The van der Waals surface area contributed by atoms with Crippen molar-refractivity contribution in [2.45, 2.75) is 6.10 Å². The third-order valence-corrected chi connectivity index (χ3v) is 2.93. The van der Waals surface area contributed by atoms with Crippen LogP contribution in [-0.4, -0.2) is 10.1 Å². The molecule has 0 saturated carbocycles. The van der Waals surface area contributed by atoms with Crippen molar-refractivity contribution in [1.82, 2.24) is 4.98 Å². The standard InChI is InChI=1S/C12H9FINO/c13-11-7-15-5-4-10(11)12(16)8-2-1-3-9(14)6-8/h1-7,12,16H. The second-order valence-electron chi connectivity index (χ2n) is 3.35. The van der Waals surface area contributed by atoms with E-state index < -0.39 is 11.9 Å². The third kappa shape index (κ3) is 2.38. The summed E-state index contributed by atoms with van der Waals surface area (Å²) in [6.07, 6.45) is 1.62. The molecule has 1 aromatic carbocycles. The van der Waals surface area contributed by atoms with E-state index in [4.69, 9.17) is 0 Å². The van der Waals surface area contributed by atoms with E-state index in [9.17, 15) is 9.50 Å². The zero-order valence-electron chi connectivity index (χ0n) is 8.27. The van der Waals surface area contributed by atoms with Gasteiger partial charge in [-0.1, -0.05) is 12.1 Å². The Morgan fingerprint density at radius 1 is 1.31 bits per heavy atom. The number of hydrogen-bond acceptors (Lipinski definition) is 2. The van der Waals surface area contributed by atoms with E-state index in [-0.39, 0.29) is 5.56 Å². The van der Waals surface area contributed by atoms with Crippen LogP contribution in [0.5, 0.6) is 0 Å². The maximum Gasteiger partial charge on any atom is 0.147 e. The summed E-state index contributed by atoms with van der Waals surface area (Å²) >= 11 is 2.15. The second kappa shape index (κ2) is 4.88. The molecule has 0 aliphatic carbocycles. The number of pyridine rings is 1. The van der Waals surface area contributed by atoms with E-state index in [1.807, 2.05) is 18.2 Å². The highest BCUT2D eigenvalue weighted by Gasteiger charge is 2.14. The first-order valence-electron chi connectivity index (χ1n) is 4.71. The lowest BCUT2D eigenvalue weighted by Crippen LogP contribution is -2.03. The summed E-state index contributed by atoms with van der Waals surface area (Å²) in [5, 5.41) is 10.0. The summed E-state index contributed by atoms with van der Waals surface area (Å²) in [6.45, 7) is 0. The number of rotatable bonds is 2. The zero-order chi connectivity index (χ0) is 11.5. The number of aliphatic hydroxyl groups is 1. The van der Waals surface area contributed by atoms with Crippen LogP contribution in [0.4, 0.5) is 4.39 Å². The molecule has 16 heavy (non-hydrogen) atoms. The van der Waals surface area contributed by atoms with E-state index in [0.717, 1.165) is 9.77 Å². The van der Waals surface area contributed by atoms with Gasteiger partial charge in [-0.15, -0.1) is 0 Å². The van der Waals surface area contributed by atoms with Crippen molar-refractivity contribution < 1.29 is 9.50 Å². The highest BCUT2D eigenvalue weighted by atomic mass is 127. The Bertz CT molecular complexity index is 504. The molecule has 0 saturated heterocycles. The summed E-state index contributed by atoms with van der Waals surface area (Å²) < 4.78 is 14.4. The molecular weight excluding hydrogens is 320 g/mol. The quantitative estimate of drug-likeness (QED) is 0.860. The van der Waals surface area contributed by atoms with Gasteiger partial charge in [0.15, 0.2) is 0 Å². The fourth-order valence-corrected chi connectivity index (χ4v) is 2.03. The second-order valence-corrected chi connectivity index (χ2v) is 4.60. The van der Waals surface area contributed by atoms with Gasteiger partial charge in [-0.05, 0) is 46.4 Å². The molecule has 0 fully saturated rings. The zero-order valence-corrected chi connectivity index (χ0v) is 10.4. The number of halogens is 2. The van der Waals surface area contributed by atoms with E-state index >= 15 is 0 Å². The van der Waals surface area contributed by atoms with Crippen LogP contribution in [0.1, 0.15) is 17.2 Å². The maximum atomic E-state index is 13.4. The fourth-order valence-electron chi connectivity index (χ4n) is 1.46. The van der Waals surface area contributed by atoms with Gasteiger partial charge in [0.2, 0.25) is 0 Å². The minimum absolute atomic E-state index is 0.247. The van der Waals surface area contributed by atoms with E-state index in [0.29, 0.717) is 5.56 Å². The average Bonchev–Trinajstić information content (AvgIpc) is 2.29. The average molecular weight is 329 g/mol. The minimum atomic E-state index is -0.947. The number of nitrogens with zero attached hydrogens (tertiary/aromatic N) is 1. The Balaban J connectivity index is 2.39. The molecule has 0 aliphatic rings. The molecule has 82 valence electrons. The summed E-state index contributed by atoms with van der Waals surface area (Å²) in [7, 11) is 0. The lowest BCUT2D eigenvalue weighted by molar-refractivity contribution is 0.214. The topological polar surface area (TPSA) is 33.1 Å². The van der Waals surface area contributed by atoms with E-state index in [1.165, 1.54) is 12.3 Å². The number of aliphatic hydroxyl groups excluding tert-OH is 1. The van der Waals surface area contributed by atoms with Gasteiger partial charge in [-0.25, -0.2) is 4.39 Å². The highest BCUT2D eigenvalue weighted by Crippen LogP contribution is 2.24. The normalized spacial score (nSPS) is 12.4. The van der Waals surface area contributed by atoms with E-state index in [2.05, 4.69) is 27.6 Å². The largest absolute Gasteiger partial charge is 0.384 e. The predicted molar refractivity (Wildman–Crippen MR) is 67.4 cm³/mol. The first kappa shape index (κ1) is 11.5. The molecule has 0 bridgehead atoms. The summed E-state index contributed by atoms with van der Waals surface area (Å²) in [4.78, 5) is 3.65. The Labute approximate surface area is 106 Å². The van der Waals surface area contributed by atoms with E-state index in [1.54, 1.807) is 6.07 Å². The smallest absolute Gasteiger partial charge is 0.147 e. The van der Waals surface area contributed by atoms with Crippen LogP contribution in [-0.2, 0) is 0 Å². The summed E-state index contributed by atoms with van der Waals surface area (Å²) in [5.74, 6) is -0.492. The first-order chi connectivity index (χ1) is 7.68. The molecule has 0 aliphatic heterocycles. The van der Waals surface area contributed by atoms with Crippen LogP contribution >= 0.6 is 22.6 Å². The molecule has 2 rings (SSSR count). The van der Waals surface area contributed by atoms with Gasteiger partial charge in [0.25, 0.3) is 0 Å². The molecule has 1 N–H and O–H groups in total. The molecule has 0 radical (unpaired) electrons. The molecular formula is C12H9FINO. The van der Waals surface area contributed by atoms with Crippen molar-refractivity contribution in [3.63, 3.8) is 0 Å². The highest BCUT2D eigenvalue weighted by molar-refractivity contribution is 14.1. The molecule has 2 nitrogen and oxygen atoms in total. The van der Waals surface area contributed by atoms with Gasteiger partial charge in [0.1, 0.15) is 11.9 Å². The molecule has 1 unspecified atom stereocenters. The number of benzene rings is 1. The number of hydrogen-bond donors (Lipinski definition) is 1. The maximum absolute atomic E-state index is 13.4. The van der Waals surface area contributed by atoms with Crippen LogP contribution < -0.4 is 0 Å². The molecule has 4 heteroatoms. The predicted octanol–water partition coefficient (Wildman–Crippen LogP) is 2.91. The van der Waals surface area contributed by atoms with Gasteiger partial charge in [-0.2, -0.15) is 0 Å². The van der Waals surface area contributed by atoms with Gasteiger partial charge >= 0.3 is 0 Å². The van der Waals surface area contributed by atoms with Crippen molar-refractivity contribution >= 4 is 22.6 Å². The first-order valence-corrected chi connectivity index (χ1v) is 5.79. The SMILES string of the molecule is OC(c1cccc(I)c1)c1ccncc1F. The fraction of sp³-hybridized carbons (Fsp3) is 0.0833. The Morgan fingerprint density at radius 2 is 2.12 bits per heavy atom. The van der Waals surface area contributed by atoms with Gasteiger partial charge in [0, 0.05) is 15.3 Å². The van der Waals surface area contributed by atoms with Crippen molar-refractivity contribution in [3.05, 3.63) is 63.2 Å². The molecule has 0 amide bonds. The Kier molecular flexibility index (Phi) is 3.50. The lowest BCUT2D eigenvalue weighted by atomic mass is 10.0. The molecule has 2 aromatic rings. The summed E-state index contributed by atoms with van der Waals surface area (Å²) in [5.41, 5.74) is 0.925. The van der Waals surface area contributed by atoms with Crippen LogP contribution in [0, 0.1) is 9.39 Å². The molecule has 1 aromatic heterocycles. The molecule has 1 atom stereocenters. The summed E-state index contributed by atoms with van der Waals surface area (Å²) in [6, 6.07) is 8.83. The van der Waals surface area contributed by atoms with Gasteiger partial charge in [0.05, 0.1) is 6.20 Å². The number of aromatic nitrogens is 1. The van der Waals surface area contributed by atoms with Crippen molar-refractivity contribution in [2.75, 3.05) is 0 Å². The molecule has 1 heterocycles. The Hall–Kier alpha value is -1.01. The van der Waals surface area contributed by atoms with Crippen LogP contribution in [0.15, 0.2) is 42.7 Å². The van der Waals surface area contributed by atoms with Crippen molar-refractivity contribution in [2.24, 2.45) is 0 Å². The van der Waals surface area contributed by atoms with Crippen LogP contribution in [0.2, 0.25) is 0 Å². The van der Waals surface area contributed by atoms with Crippen molar-refractivity contribution in [1.29, 1.82) is 0 Å². The third-order valence-electron chi connectivity index (χ3n) is 2.26. The lowest BCUT2D eigenvalue weighted by Gasteiger charge is -2.12. The van der Waals surface area contributed by atoms with Gasteiger partial charge in [-0.3, -0.25) is 4.98 Å². The van der Waals surface area contributed by atoms with Gasteiger partial charge < -0.3 is 5.11 Å².